The van der Waals surface area contributed by atoms with E-state index in [1.807, 2.05) is 12.3 Å². The molecule has 0 unspecified atom stereocenters. The van der Waals surface area contributed by atoms with E-state index in [2.05, 4.69) is 35.1 Å². The van der Waals surface area contributed by atoms with E-state index in [-0.39, 0.29) is 0 Å². The third kappa shape index (κ3) is 1.83. The molecule has 0 N–H and O–H groups in total. The summed E-state index contributed by atoms with van der Waals surface area (Å²) >= 11 is 6.25. The van der Waals surface area contributed by atoms with Gasteiger partial charge in [0.25, 0.3) is 0 Å². The lowest BCUT2D eigenvalue weighted by atomic mass is 10.1. The predicted molar refractivity (Wildman–Crippen MR) is 76.0 cm³/mol. The van der Waals surface area contributed by atoms with Gasteiger partial charge >= 0.3 is 0 Å². The fraction of sp³-hybridized carbons (Fsp3) is 0.200. The Morgan fingerprint density at radius 3 is 2.83 bits per heavy atom. The SMILES string of the molecule is CCCc1cc2ccc3ccncc3c2nc1Cl. The molecular weight excluding hydrogens is 244 g/mol. The Balaban J connectivity index is 2.35. The molecule has 90 valence electrons. The van der Waals surface area contributed by atoms with Gasteiger partial charge in [-0.2, -0.15) is 0 Å². The third-order valence-corrected chi connectivity index (χ3v) is 3.48. The molecule has 0 spiro atoms. The first kappa shape index (κ1) is 11.4. The first-order valence-corrected chi connectivity index (χ1v) is 6.49. The van der Waals surface area contributed by atoms with Crippen molar-refractivity contribution in [1.82, 2.24) is 9.97 Å². The van der Waals surface area contributed by atoms with Crippen molar-refractivity contribution in [3.05, 3.63) is 47.4 Å². The molecule has 3 heteroatoms. The molecule has 0 amide bonds. The molecule has 0 bridgehead atoms. The number of fused-ring (bicyclic) bond motifs is 3. The first-order chi connectivity index (χ1) is 8.79. The molecule has 0 fully saturated rings. The van der Waals surface area contributed by atoms with Crippen LogP contribution in [0.4, 0.5) is 0 Å². The van der Waals surface area contributed by atoms with Crippen LogP contribution in [0.2, 0.25) is 5.15 Å². The van der Waals surface area contributed by atoms with Gasteiger partial charge in [-0.3, -0.25) is 4.98 Å². The van der Waals surface area contributed by atoms with Crippen LogP contribution < -0.4 is 0 Å². The Labute approximate surface area is 111 Å². The molecule has 2 aromatic heterocycles. The number of rotatable bonds is 2. The molecule has 3 rings (SSSR count). The fourth-order valence-corrected chi connectivity index (χ4v) is 2.50. The van der Waals surface area contributed by atoms with Crippen molar-refractivity contribution >= 4 is 33.3 Å². The highest BCUT2D eigenvalue weighted by Crippen LogP contribution is 2.27. The Bertz CT molecular complexity index is 722. The Kier molecular flexibility index (Phi) is 2.88. The van der Waals surface area contributed by atoms with Crippen LogP contribution in [-0.2, 0) is 6.42 Å². The van der Waals surface area contributed by atoms with E-state index in [0.717, 1.165) is 40.1 Å². The normalized spacial score (nSPS) is 11.2. The van der Waals surface area contributed by atoms with E-state index in [1.54, 1.807) is 6.20 Å². The van der Waals surface area contributed by atoms with Crippen molar-refractivity contribution in [3.8, 4) is 0 Å². The summed E-state index contributed by atoms with van der Waals surface area (Å²) in [7, 11) is 0. The number of aryl methyl sites for hydroxylation is 1. The summed E-state index contributed by atoms with van der Waals surface area (Å²) < 4.78 is 0. The molecular formula is C15H13ClN2. The van der Waals surface area contributed by atoms with Gasteiger partial charge in [-0.05, 0) is 29.5 Å². The van der Waals surface area contributed by atoms with Gasteiger partial charge < -0.3 is 0 Å². The molecule has 2 nitrogen and oxygen atoms in total. The number of pyridine rings is 2. The van der Waals surface area contributed by atoms with E-state index >= 15 is 0 Å². The summed E-state index contributed by atoms with van der Waals surface area (Å²) in [4.78, 5) is 8.72. The second kappa shape index (κ2) is 4.54. The number of aromatic nitrogens is 2. The molecule has 0 aliphatic heterocycles. The third-order valence-electron chi connectivity index (χ3n) is 3.15. The van der Waals surface area contributed by atoms with Gasteiger partial charge in [-0.25, -0.2) is 4.98 Å². The quantitative estimate of drug-likeness (QED) is 0.502. The number of hydrogen-bond acceptors (Lipinski definition) is 2. The maximum absolute atomic E-state index is 6.25. The summed E-state index contributed by atoms with van der Waals surface area (Å²) in [5.41, 5.74) is 2.06. The Morgan fingerprint density at radius 2 is 2.00 bits per heavy atom. The Morgan fingerprint density at radius 1 is 1.17 bits per heavy atom. The smallest absolute Gasteiger partial charge is 0.132 e. The van der Waals surface area contributed by atoms with Gasteiger partial charge in [0.1, 0.15) is 5.15 Å². The molecule has 1 aromatic carbocycles. The van der Waals surface area contributed by atoms with Crippen LogP contribution in [-0.4, -0.2) is 9.97 Å². The van der Waals surface area contributed by atoms with Gasteiger partial charge in [-0.15, -0.1) is 0 Å². The summed E-state index contributed by atoms with van der Waals surface area (Å²) in [5, 5.41) is 3.94. The number of hydrogen-bond donors (Lipinski definition) is 0. The molecule has 0 aliphatic rings. The fourth-order valence-electron chi connectivity index (χ4n) is 2.27. The standard InChI is InChI=1S/C15H13ClN2/c1-2-3-12-8-11-5-4-10-6-7-17-9-13(10)14(11)18-15(12)16/h4-9H,2-3H2,1H3. The van der Waals surface area contributed by atoms with Crippen LogP contribution in [0.3, 0.4) is 0 Å². The van der Waals surface area contributed by atoms with Crippen molar-refractivity contribution in [2.75, 3.05) is 0 Å². The van der Waals surface area contributed by atoms with E-state index in [4.69, 9.17) is 11.6 Å². The summed E-state index contributed by atoms with van der Waals surface area (Å²) in [5.74, 6) is 0. The average molecular weight is 257 g/mol. The van der Waals surface area contributed by atoms with Crippen LogP contribution in [0.5, 0.6) is 0 Å². The molecule has 0 saturated heterocycles. The molecule has 0 atom stereocenters. The lowest BCUT2D eigenvalue weighted by molar-refractivity contribution is 0.918. The average Bonchev–Trinajstić information content (AvgIpc) is 2.40. The van der Waals surface area contributed by atoms with E-state index in [9.17, 15) is 0 Å². The zero-order valence-corrected chi connectivity index (χ0v) is 10.9. The molecule has 0 radical (unpaired) electrons. The highest BCUT2D eigenvalue weighted by Gasteiger charge is 2.07. The van der Waals surface area contributed by atoms with Crippen LogP contribution >= 0.6 is 11.6 Å². The van der Waals surface area contributed by atoms with Crippen molar-refractivity contribution < 1.29 is 0 Å². The first-order valence-electron chi connectivity index (χ1n) is 6.11. The summed E-state index contributed by atoms with van der Waals surface area (Å²) in [6.45, 7) is 2.14. The highest BCUT2D eigenvalue weighted by molar-refractivity contribution is 6.30. The summed E-state index contributed by atoms with van der Waals surface area (Å²) in [6.07, 6.45) is 5.68. The lowest BCUT2D eigenvalue weighted by Gasteiger charge is -2.07. The van der Waals surface area contributed by atoms with Gasteiger partial charge in [-0.1, -0.05) is 37.1 Å². The highest BCUT2D eigenvalue weighted by atomic mass is 35.5. The number of halogens is 1. The second-order valence-corrected chi connectivity index (χ2v) is 4.78. The zero-order chi connectivity index (χ0) is 12.5. The van der Waals surface area contributed by atoms with Crippen molar-refractivity contribution in [1.29, 1.82) is 0 Å². The molecule has 3 aromatic rings. The topological polar surface area (TPSA) is 25.8 Å². The van der Waals surface area contributed by atoms with E-state index < -0.39 is 0 Å². The van der Waals surface area contributed by atoms with Gasteiger partial charge in [0, 0.05) is 23.2 Å². The second-order valence-electron chi connectivity index (χ2n) is 4.42. The predicted octanol–water partition coefficient (Wildman–Crippen LogP) is 4.39. The van der Waals surface area contributed by atoms with Crippen molar-refractivity contribution in [2.24, 2.45) is 0 Å². The van der Waals surface area contributed by atoms with Crippen molar-refractivity contribution in [2.45, 2.75) is 19.8 Å². The minimum atomic E-state index is 0.612. The zero-order valence-electron chi connectivity index (χ0n) is 10.2. The minimum Gasteiger partial charge on any atom is -0.264 e. The minimum absolute atomic E-state index is 0.612. The van der Waals surface area contributed by atoms with Gasteiger partial charge in [0.2, 0.25) is 0 Å². The van der Waals surface area contributed by atoms with Gasteiger partial charge in [0.15, 0.2) is 0 Å². The van der Waals surface area contributed by atoms with Crippen LogP contribution in [0.15, 0.2) is 36.7 Å². The number of nitrogens with zero attached hydrogens (tertiary/aromatic N) is 2. The molecule has 0 saturated carbocycles. The lowest BCUT2D eigenvalue weighted by Crippen LogP contribution is -1.91. The molecule has 0 aliphatic carbocycles. The van der Waals surface area contributed by atoms with E-state index in [0.29, 0.717) is 5.15 Å². The van der Waals surface area contributed by atoms with Crippen LogP contribution in [0, 0.1) is 0 Å². The Hall–Kier alpha value is -1.67. The number of benzene rings is 1. The van der Waals surface area contributed by atoms with E-state index in [1.165, 1.54) is 0 Å². The maximum Gasteiger partial charge on any atom is 0.132 e. The molecule has 18 heavy (non-hydrogen) atoms. The summed E-state index contributed by atoms with van der Waals surface area (Å²) in [6, 6.07) is 8.33. The van der Waals surface area contributed by atoms with Crippen LogP contribution in [0.25, 0.3) is 21.7 Å². The van der Waals surface area contributed by atoms with Gasteiger partial charge in [0.05, 0.1) is 5.52 Å². The maximum atomic E-state index is 6.25. The molecule has 2 heterocycles. The monoisotopic (exact) mass is 256 g/mol. The van der Waals surface area contributed by atoms with Crippen LogP contribution in [0.1, 0.15) is 18.9 Å². The largest absolute Gasteiger partial charge is 0.264 e. The van der Waals surface area contributed by atoms with Crippen molar-refractivity contribution in [3.63, 3.8) is 0 Å².